The van der Waals surface area contributed by atoms with Crippen LogP contribution in [-0.2, 0) is 9.53 Å². The van der Waals surface area contributed by atoms with Gasteiger partial charge in [0.1, 0.15) is 5.60 Å². The van der Waals surface area contributed by atoms with Crippen molar-refractivity contribution in [2.45, 2.75) is 39.7 Å². The summed E-state index contributed by atoms with van der Waals surface area (Å²) >= 11 is 0. The SMILES string of the molecule is CCNC(=NCCC(=O)N(C)C)NCCNC(=O)OC(C)(C)C.I. The summed E-state index contributed by atoms with van der Waals surface area (Å²) in [5, 5.41) is 8.83. The van der Waals surface area contributed by atoms with Gasteiger partial charge in [0.05, 0.1) is 6.54 Å². The highest BCUT2D eigenvalue weighted by Gasteiger charge is 2.15. The molecule has 0 bridgehead atoms. The molecule has 0 aromatic rings. The number of rotatable bonds is 7. The number of hydrogen-bond acceptors (Lipinski definition) is 4. The molecule has 3 N–H and O–H groups in total. The first kappa shape index (κ1) is 25.0. The van der Waals surface area contributed by atoms with Gasteiger partial charge in [-0.1, -0.05) is 0 Å². The quantitative estimate of drug-likeness (QED) is 0.231. The van der Waals surface area contributed by atoms with Crippen molar-refractivity contribution in [3.05, 3.63) is 0 Å². The maximum absolute atomic E-state index is 11.5. The van der Waals surface area contributed by atoms with E-state index >= 15 is 0 Å². The number of carbonyl (C=O) groups is 2. The molecule has 9 heteroatoms. The van der Waals surface area contributed by atoms with Gasteiger partial charge in [-0.25, -0.2) is 4.79 Å². The Morgan fingerprint density at radius 2 is 1.67 bits per heavy atom. The summed E-state index contributed by atoms with van der Waals surface area (Å²) in [5.74, 6) is 0.654. The summed E-state index contributed by atoms with van der Waals surface area (Å²) in [7, 11) is 3.44. The van der Waals surface area contributed by atoms with Crippen LogP contribution in [0.1, 0.15) is 34.1 Å². The van der Waals surface area contributed by atoms with Crippen LogP contribution in [0.3, 0.4) is 0 Å². The standard InChI is InChI=1S/C15H31N5O3.HI/c1-7-16-13(17-9-8-12(21)20(5)6)18-10-11-19-14(22)23-15(2,3)4;/h7-11H2,1-6H3,(H,19,22)(H2,16,17,18);1H. The Morgan fingerprint density at radius 1 is 1.08 bits per heavy atom. The summed E-state index contributed by atoms with van der Waals surface area (Å²) in [5.41, 5.74) is -0.507. The zero-order chi connectivity index (χ0) is 17.9. The van der Waals surface area contributed by atoms with Crippen LogP contribution in [0.5, 0.6) is 0 Å². The maximum atomic E-state index is 11.5. The van der Waals surface area contributed by atoms with E-state index in [1.54, 1.807) is 19.0 Å². The predicted octanol–water partition coefficient (Wildman–Crippen LogP) is 1.16. The smallest absolute Gasteiger partial charge is 0.407 e. The van der Waals surface area contributed by atoms with Crippen molar-refractivity contribution in [1.82, 2.24) is 20.9 Å². The minimum Gasteiger partial charge on any atom is -0.444 e. The highest BCUT2D eigenvalue weighted by molar-refractivity contribution is 14.0. The van der Waals surface area contributed by atoms with Gasteiger partial charge in [-0.3, -0.25) is 9.79 Å². The molecule has 0 spiro atoms. The summed E-state index contributed by atoms with van der Waals surface area (Å²) < 4.78 is 5.14. The molecule has 24 heavy (non-hydrogen) atoms. The molecule has 0 saturated carbocycles. The highest BCUT2D eigenvalue weighted by atomic mass is 127. The number of nitrogens with one attached hydrogen (secondary N) is 3. The number of carbonyl (C=O) groups excluding carboxylic acids is 2. The lowest BCUT2D eigenvalue weighted by Crippen LogP contribution is -2.42. The molecule has 0 aliphatic heterocycles. The molecule has 0 radical (unpaired) electrons. The Kier molecular flexibility index (Phi) is 13.6. The highest BCUT2D eigenvalue weighted by Crippen LogP contribution is 2.05. The van der Waals surface area contributed by atoms with Gasteiger partial charge in [-0.05, 0) is 27.7 Å². The first-order chi connectivity index (χ1) is 10.7. The van der Waals surface area contributed by atoms with E-state index in [0.717, 1.165) is 0 Å². The second kappa shape index (κ2) is 13.1. The number of guanidine groups is 1. The molecule has 0 saturated heterocycles. The van der Waals surface area contributed by atoms with Crippen molar-refractivity contribution in [2.75, 3.05) is 40.3 Å². The van der Waals surface area contributed by atoms with E-state index in [0.29, 0.717) is 38.6 Å². The summed E-state index contributed by atoms with van der Waals surface area (Å²) in [6.45, 7) is 9.45. The number of halogens is 1. The van der Waals surface area contributed by atoms with Crippen molar-refractivity contribution in [3.63, 3.8) is 0 Å². The first-order valence-corrected chi connectivity index (χ1v) is 7.85. The van der Waals surface area contributed by atoms with Crippen LogP contribution in [0, 0.1) is 0 Å². The van der Waals surface area contributed by atoms with Crippen molar-refractivity contribution < 1.29 is 14.3 Å². The molecule has 142 valence electrons. The van der Waals surface area contributed by atoms with E-state index in [-0.39, 0.29) is 29.9 Å². The van der Waals surface area contributed by atoms with Gasteiger partial charge in [0.2, 0.25) is 5.91 Å². The number of hydrogen-bond donors (Lipinski definition) is 3. The second-order valence-corrected chi connectivity index (χ2v) is 6.15. The number of nitrogens with zero attached hydrogens (tertiary/aromatic N) is 2. The summed E-state index contributed by atoms with van der Waals surface area (Å²) in [6, 6.07) is 0. The number of alkyl carbamates (subject to hydrolysis) is 1. The number of ether oxygens (including phenoxy) is 1. The molecular formula is C15H32IN5O3. The third-order valence-corrected chi connectivity index (χ3v) is 2.52. The third kappa shape index (κ3) is 14.3. The number of aliphatic imine (C=N–C) groups is 1. The average molecular weight is 457 g/mol. The Morgan fingerprint density at radius 3 is 2.17 bits per heavy atom. The molecule has 0 unspecified atom stereocenters. The van der Waals surface area contributed by atoms with Crippen LogP contribution < -0.4 is 16.0 Å². The summed E-state index contributed by atoms with van der Waals surface area (Å²) in [4.78, 5) is 28.8. The first-order valence-electron chi connectivity index (χ1n) is 7.85. The zero-order valence-electron chi connectivity index (χ0n) is 15.6. The van der Waals surface area contributed by atoms with Gasteiger partial charge in [-0.15, -0.1) is 24.0 Å². The number of amides is 2. The lowest BCUT2D eigenvalue weighted by atomic mass is 10.2. The van der Waals surface area contributed by atoms with Crippen LogP contribution >= 0.6 is 24.0 Å². The zero-order valence-corrected chi connectivity index (χ0v) is 17.9. The lowest BCUT2D eigenvalue weighted by molar-refractivity contribution is -0.128. The molecule has 0 aliphatic rings. The van der Waals surface area contributed by atoms with Crippen molar-refractivity contribution in [1.29, 1.82) is 0 Å². The van der Waals surface area contributed by atoms with Crippen molar-refractivity contribution in [3.8, 4) is 0 Å². The fraction of sp³-hybridized carbons (Fsp3) is 0.800. The summed E-state index contributed by atoms with van der Waals surface area (Å²) in [6.07, 6.45) is -0.0856. The largest absolute Gasteiger partial charge is 0.444 e. The molecular weight excluding hydrogens is 425 g/mol. The topological polar surface area (TPSA) is 95.1 Å². The predicted molar refractivity (Wildman–Crippen MR) is 107 cm³/mol. The Hall–Kier alpha value is -1.26. The van der Waals surface area contributed by atoms with Crippen LogP contribution in [0.2, 0.25) is 0 Å². The van der Waals surface area contributed by atoms with Gasteiger partial charge in [0, 0.05) is 40.2 Å². The van der Waals surface area contributed by atoms with Gasteiger partial charge < -0.3 is 25.6 Å². The van der Waals surface area contributed by atoms with E-state index in [4.69, 9.17) is 4.74 Å². The Bertz CT molecular complexity index is 408. The molecule has 0 aromatic heterocycles. The van der Waals surface area contributed by atoms with E-state index < -0.39 is 11.7 Å². The normalized spacial score (nSPS) is 11.2. The van der Waals surface area contributed by atoms with Crippen LogP contribution in [-0.4, -0.2) is 68.7 Å². The van der Waals surface area contributed by atoms with Gasteiger partial charge >= 0.3 is 6.09 Å². The lowest BCUT2D eigenvalue weighted by Gasteiger charge is -2.19. The van der Waals surface area contributed by atoms with Crippen LogP contribution in [0.15, 0.2) is 4.99 Å². The minimum atomic E-state index is -0.507. The molecule has 0 heterocycles. The van der Waals surface area contributed by atoms with E-state index in [9.17, 15) is 9.59 Å². The maximum Gasteiger partial charge on any atom is 0.407 e. The fourth-order valence-corrected chi connectivity index (χ4v) is 1.49. The molecule has 0 aliphatic carbocycles. The minimum absolute atomic E-state index is 0. The van der Waals surface area contributed by atoms with Gasteiger partial charge in [-0.2, -0.15) is 0 Å². The van der Waals surface area contributed by atoms with E-state index in [1.807, 2.05) is 27.7 Å². The molecule has 8 nitrogen and oxygen atoms in total. The van der Waals surface area contributed by atoms with Gasteiger partial charge in [0.15, 0.2) is 5.96 Å². The molecule has 0 aromatic carbocycles. The molecule has 0 fully saturated rings. The second-order valence-electron chi connectivity index (χ2n) is 6.15. The van der Waals surface area contributed by atoms with Crippen molar-refractivity contribution in [2.24, 2.45) is 4.99 Å². The van der Waals surface area contributed by atoms with E-state index in [2.05, 4.69) is 20.9 Å². The monoisotopic (exact) mass is 457 g/mol. The third-order valence-electron chi connectivity index (χ3n) is 2.52. The Labute approximate surface area is 162 Å². The van der Waals surface area contributed by atoms with Gasteiger partial charge in [0.25, 0.3) is 0 Å². The van der Waals surface area contributed by atoms with Crippen molar-refractivity contribution >= 4 is 41.9 Å². The van der Waals surface area contributed by atoms with E-state index in [1.165, 1.54) is 0 Å². The average Bonchev–Trinajstić information content (AvgIpc) is 2.41. The van der Waals surface area contributed by atoms with Crippen LogP contribution in [0.4, 0.5) is 4.79 Å². The molecule has 0 rings (SSSR count). The Balaban J connectivity index is 0. The molecule has 2 amide bonds. The fourth-order valence-electron chi connectivity index (χ4n) is 1.49. The molecule has 0 atom stereocenters. The van der Waals surface area contributed by atoms with Crippen LogP contribution in [0.25, 0.3) is 0 Å².